The Morgan fingerprint density at radius 3 is 3.04 bits per heavy atom. The van der Waals surface area contributed by atoms with Crippen LogP contribution in [-0.2, 0) is 24.1 Å². The second-order valence-electron chi connectivity index (χ2n) is 5.90. The fraction of sp³-hybridized carbons (Fsp3) is 0.444. The number of hydrogen-bond donors (Lipinski definition) is 2. The number of carbonyl (C=O) groups is 1. The van der Waals surface area contributed by atoms with Gasteiger partial charge in [0.25, 0.3) is 5.91 Å². The Kier molecular flexibility index (Phi) is 5.48. The van der Waals surface area contributed by atoms with Gasteiger partial charge in [-0.05, 0) is 43.4 Å². The molecule has 0 saturated heterocycles. The molecule has 0 aliphatic heterocycles. The highest BCUT2D eigenvalue weighted by atomic mass is 32.1. The van der Waals surface area contributed by atoms with Crippen molar-refractivity contribution in [3.63, 3.8) is 0 Å². The molecule has 1 heterocycles. The molecule has 5 nitrogen and oxygen atoms in total. The number of aromatic nitrogens is 1. The van der Waals surface area contributed by atoms with Crippen LogP contribution in [0.3, 0.4) is 0 Å². The molecule has 0 saturated carbocycles. The van der Waals surface area contributed by atoms with E-state index >= 15 is 0 Å². The van der Waals surface area contributed by atoms with Gasteiger partial charge in [-0.15, -0.1) is 11.3 Å². The third-order valence-corrected chi connectivity index (χ3v) is 5.40. The predicted octanol–water partition coefficient (Wildman–Crippen LogP) is 2.42. The Labute approximate surface area is 145 Å². The van der Waals surface area contributed by atoms with Gasteiger partial charge in [0, 0.05) is 17.8 Å². The summed E-state index contributed by atoms with van der Waals surface area (Å²) < 4.78 is 5.11. The van der Waals surface area contributed by atoms with Crippen LogP contribution in [-0.4, -0.2) is 29.7 Å². The Balaban J connectivity index is 1.52. The van der Waals surface area contributed by atoms with Gasteiger partial charge in [0.2, 0.25) is 0 Å². The van der Waals surface area contributed by atoms with E-state index in [-0.39, 0.29) is 0 Å². The van der Waals surface area contributed by atoms with Crippen LogP contribution in [0.15, 0.2) is 24.3 Å². The number of methoxy groups -OCH3 is 1. The zero-order chi connectivity index (χ0) is 16.9. The molecule has 1 aromatic heterocycles. The number of aryl methyl sites for hydroxylation is 2. The highest BCUT2D eigenvalue weighted by molar-refractivity contribution is 7.11. The van der Waals surface area contributed by atoms with Gasteiger partial charge in [-0.1, -0.05) is 12.1 Å². The number of benzene rings is 1. The summed E-state index contributed by atoms with van der Waals surface area (Å²) in [5.41, 5.74) is 1.76. The summed E-state index contributed by atoms with van der Waals surface area (Å²) in [4.78, 5) is 18.2. The maximum Gasteiger partial charge on any atom is 0.253 e. The summed E-state index contributed by atoms with van der Waals surface area (Å²) in [7, 11) is 1.55. The number of thiazole rings is 1. The average molecular weight is 346 g/mol. The van der Waals surface area contributed by atoms with Gasteiger partial charge in [0.05, 0.1) is 17.8 Å². The first-order valence-electron chi connectivity index (χ1n) is 8.24. The Hall–Kier alpha value is -1.92. The van der Waals surface area contributed by atoms with Crippen LogP contribution in [0, 0.1) is 0 Å². The van der Waals surface area contributed by atoms with E-state index in [1.54, 1.807) is 42.7 Å². The molecule has 0 radical (unpaired) electrons. The van der Waals surface area contributed by atoms with Gasteiger partial charge in [0.1, 0.15) is 5.75 Å². The van der Waals surface area contributed by atoms with Crippen LogP contribution in [0.2, 0.25) is 0 Å². The van der Waals surface area contributed by atoms with E-state index in [1.807, 2.05) is 0 Å². The maximum absolute atomic E-state index is 12.1. The summed E-state index contributed by atoms with van der Waals surface area (Å²) in [6.45, 7) is 0.478. The minimum atomic E-state index is -1.19. The fourth-order valence-corrected chi connectivity index (χ4v) is 4.02. The normalized spacial score (nSPS) is 14.8. The molecule has 0 spiro atoms. The largest absolute Gasteiger partial charge is 0.497 e. The number of amides is 1. The van der Waals surface area contributed by atoms with Gasteiger partial charge in [0.15, 0.2) is 6.10 Å². The number of fused-ring (bicyclic) bond motifs is 1. The van der Waals surface area contributed by atoms with Crippen LogP contribution >= 0.6 is 11.3 Å². The molecule has 1 aliphatic rings. The van der Waals surface area contributed by atoms with Crippen LogP contribution in [0.1, 0.15) is 40.1 Å². The monoisotopic (exact) mass is 346 g/mol. The Bertz CT molecular complexity index is 691. The quantitative estimate of drug-likeness (QED) is 0.843. The number of nitrogens with zero attached hydrogens (tertiary/aromatic N) is 1. The van der Waals surface area contributed by atoms with Crippen molar-refractivity contribution < 1.29 is 14.6 Å². The predicted molar refractivity (Wildman–Crippen MR) is 93.4 cm³/mol. The number of hydrogen-bond acceptors (Lipinski definition) is 5. The average Bonchev–Trinajstić information content (AvgIpc) is 3.03. The lowest BCUT2D eigenvalue weighted by Crippen LogP contribution is -2.31. The molecular formula is C18H22N2O3S. The van der Waals surface area contributed by atoms with Gasteiger partial charge < -0.3 is 15.2 Å². The molecule has 0 bridgehead atoms. The Morgan fingerprint density at radius 1 is 1.42 bits per heavy atom. The SMILES string of the molecule is COc1cccc(C(O)C(=O)NCCc2nc3c(s2)CCCC3)c1. The third-order valence-electron chi connectivity index (χ3n) is 4.19. The number of aliphatic hydroxyl groups excluding tert-OH is 1. The first kappa shape index (κ1) is 16.9. The van der Waals surface area contributed by atoms with Crippen molar-refractivity contribution >= 4 is 17.2 Å². The zero-order valence-corrected chi connectivity index (χ0v) is 14.6. The highest BCUT2D eigenvalue weighted by Gasteiger charge is 2.18. The van der Waals surface area contributed by atoms with E-state index in [0.717, 1.165) is 17.8 Å². The lowest BCUT2D eigenvalue weighted by molar-refractivity contribution is -0.129. The second kappa shape index (κ2) is 7.77. The molecule has 128 valence electrons. The van der Waals surface area contributed by atoms with E-state index < -0.39 is 12.0 Å². The summed E-state index contributed by atoms with van der Waals surface area (Å²) in [6, 6.07) is 6.91. The molecule has 1 unspecified atom stereocenters. The molecular weight excluding hydrogens is 324 g/mol. The molecule has 1 atom stereocenters. The van der Waals surface area contributed by atoms with Crippen LogP contribution in [0.4, 0.5) is 0 Å². The summed E-state index contributed by atoms with van der Waals surface area (Å²) in [6.07, 6.45) is 4.19. The lowest BCUT2D eigenvalue weighted by Gasteiger charge is -2.12. The molecule has 24 heavy (non-hydrogen) atoms. The van der Waals surface area contributed by atoms with E-state index in [4.69, 9.17) is 4.74 Å². The standard InChI is InChI=1S/C18H22N2O3S/c1-23-13-6-4-5-12(11-13)17(21)18(22)19-10-9-16-20-14-7-2-3-8-15(14)24-16/h4-6,11,17,21H,2-3,7-10H2,1H3,(H,19,22). The fourth-order valence-electron chi connectivity index (χ4n) is 2.86. The zero-order valence-electron chi connectivity index (χ0n) is 13.7. The number of ether oxygens (including phenoxy) is 1. The van der Waals surface area contributed by atoms with Crippen molar-refractivity contribution in [3.05, 3.63) is 45.4 Å². The molecule has 1 aromatic carbocycles. The lowest BCUT2D eigenvalue weighted by atomic mass is 10.0. The minimum absolute atomic E-state index is 0.399. The van der Waals surface area contributed by atoms with Gasteiger partial charge in [-0.25, -0.2) is 4.98 Å². The molecule has 2 N–H and O–H groups in total. The van der Waals surface area contributed by atoms with E-state index in [1.165, 1.54) is 23.4 Å². The molecule has 0 fully saturated rings. The number of nitrogens with one attached hydrogen (secondary N) is 1. The third kappa shape index (κ3) is 3.94. The van der Waals surface area contributed by atoms with Crippen molar-refractivity contribution in [1.29, 1.82) is 0 Å². The smallest absolute Gasteiger partial charge is 0.253 e. The topological polar surface area (TPSA) is 71.5 Å². The van der Waals surface area contributed by atoms with E-state index in [2.05, 4.69) is 10.3 Å². The summed E-state index contributed by atoms with van der Waals surface area (Å²) >= 11 is 1.76. The van der Waals surface area contributed by atoms with E-state index in [9.17, 15) is 9.90 Å². The van der Waals surface area contributed by atoms with Crippen LogP contribution < -0.4 is 10.1 Å². The van der Waals surface area contributed by atoms with Crippen LogP contribution in [0.25, 0.3) is 0 Å². The Morgan fingerprint density at radius 2 is 2.25 bits per heavy atom. The molecule has 3 rings (SSSR count). The van der Waals surface area contributed by atoms with Gasteiger partial charge in [-0.2, -0.15) is 0 Å². The van der Waals surface area contributed by atoms with Gasteiger partial charge >= 0.3 is 0 Å². The number of aliphatic hydroxyl groups is 1. The summed E-state index contributed by atoms with van der Waals surface area (Å²) in [5.74, 6) is 0.220. The van der Waals surface area contributed by atoms with Crippen molar-refractivity contribution in [2.45, 2.75) is 38.2 Å². The highest BCUT2D eigenvalue weighted by Crippen LogP contribution is 2.26. The minimum Gasteiger partial charge on any atom is -0.497 e. The van der Waals surface area contributed by atoms with Crippen molar-refractivity contribution in [3.8, 4) is 5.75 Å². The van der Waals surface area contributed by atoms with E-state index in [0.29, 0.717) is 24.3 Å². The second-order valence-corrected chi connectivity index (χ2v) is 7.07. The van der Waals surface area contributed by atoms with Crippen molar-refractivity contribution in [2.75, 3.05) is 13.7 Å². The van der Waals surface area contributed by atoms with Gasteiger partial charge in [-0.3, -0.25) is 4.79 Å². The molecule has 1 amide bonds. The van der Waals surface area contributed by atoms with Crippen molar-refractivity contribution in [1.82, 2.24) is 10.3 Å². The first-order chi connectivity index (χ1) is 11.7. The van der Waals surface area contributed by atoms with Crippen molar-refractivity contribution in [2.24, 2.45) is 0 Å². The van der Waals surface area contributed by atoms with Crippen LogP contribution in [0.5, 0.6) is 5.75 Å². The number of rotatable bonds is 6. The first-order valence-corrected chi connectivity index (χ1v) is 9.06. The molecule has 6 heteroatoms. The number of carbonyl (C=O) groups excluding carboxylic acids is 1. The maximum atomic E-state index is 12.1. The molecule has 1 aliphatic carbocycles. The molecule has 2 aromatic rings. The summed E-state index contributed by atoms with van der Waals surface area (Å²) in [5, 5.41) is 14.0.